The van der Waals surface area contributed by atoms with Gasteiger partial charge in [-0.1, -0.05) is 65.8 Å². The highest BCUT2D eigenvalue weighted by atomic mass is 35.5. The molecule has 1 heterocycles. The number of aromatic nitrogens is 4. The minimum absolute atomic E-state index is 0.181. The normalized spacial score (nSPS) is 11.8. The fourth-order valence-electron chi connectivity index (χ4n) is 2.40. The van der Waals surface area contributed by atoms with Crippen molar-refractivity contribution in [3.05, 3.63) is 77.3 Å². The van der Waals surface area contributed by atoms with Gasteiger partial charge in [0.1, 0.15) is 5.25 Å². The first-order valence-electron chi connectivity index (χ1n) is 8.24. The number of hydrogen-bond acceptors (Lipinski definition) is 5. The Bertz CT molecular complexity index is 944. The molecule has 2 aromatic carbocycles. The first-order valence-corrected chi connectivity index (χ1v) is 9.50. The molecular formula is C19H18ClN5OS. The Kier molecular flexibility index (Phi) is 6.26. The Labute approximate surface area is 166 Å². The van der Waals surface area contributed by atoms with E-state index in [1.165, 1.54) is 11.8 Å². The van der Waals surface area contributed by atoms with Gasteiger partial charge in [0, 0.05) is 10.7 Å². The summed E-state index contributed by atoms with van der Waals surface area (Å²) in [5.41, 5.74) is 2.45. The molecule has 0 radical (unpaired) electrons. The zero-order chi connectivity index (χ0) is 19.2. The lowest BCUT2D eigenvalue weighted by molar-refractivity contribution is -0.115. The van der Waals surface area contributed by atoms with Gasteiger partial charge in [-0.2, -0.15) is 0 Å². The lowest BCUT2D eigenvalue weighted by Gasteiger charge is -2.16. The SMILES string of the molecule is C=CCn1nnnc1SC(C(=O)Nc1ccc(C)c(Cl)c1)c1ccccc1. The third-order valence-electron chi connectivity index (χ3n) is 3.80. The fraction of sp³-hybridized carbons (Fsp3) is 0.158. The number of halogens is 1. The van der Waals surface area contributed by atoms with E-state index in [1.807, 2.05) is 49.4 Å². The van der Waals surface area contributed by atoms with Gasteiger partial charge in [-0.05, 0) is 40.6 Å². The van der Waals surface area contributed by atoms with Gasteiger partial charge in [0.15, 0.2) is 0 Å². The zero-order valence-electron chi connectivity index (χ0n) is 14.7. The summed E-state index contributed by atoms with van der Waals surface area (Å²) in [6.07, 6.45) is 1.70. The Morgan fingerprint density at radius 3 is 2.81 bits per heavy atom. The third kappa shape index (κ3) is 4.75. The first kappa shape index (κ1) is 19.1. The molecule has 6 nitrogen and oxygen atoms in total. The first-order chi connectivity index (χ1) is 13.1. The third-order valence-corrected chi connectivity index (χ3v) is 5.44. The fourth-order valence-corrected chi connectivity index (χ4v) is 3.57. The molecule has 3 rings (SSSR count). The van der Waals surface area contributed by atoms with Crippen LogP contribution in [-0.4, -0.2) is 26.1 Å². The molecule has 138 valence electrons. The number of nitrogens with one attached hydrogen (secondary N) is 1. The number of nitrogens with zero attached hydrogens (tertiary/aromatic N) is 4. The molecule has 1 N–H and O–H groups in total. The van der Waals surface area contributed by atoms with E-state index >= 15 is 0 Å². The van der Waals surface area contributed by atoms with Crippen LogP contribution < -0.4 is 5.32 Å². The van der Waals surface area contributed by atoms with Crippen LogP contribution in [0.2, 0.25) is 5.02 Å². The van der Waals surface area contributed by atoms with E-state index in [4.69, 9.17) is 11.6 Å². The topological polar surface area (TPSA) is 72.7 Å². The van der Waals surface area contributed by atoms with E-state index in [-0.39, 0.29) is 5.91 Å². The van der Waals surface area contributed by atoms with E-state index in [2.05, 4.69) is 27.4 Å². The number of aryl methyl sites for hydroxylation is 1. The van der Waals surface area contributed by atoms with E-state index in [1.54, 1.807) is 16.8 Å². The van der Waals surface area contributed by atoms with Crippen molar-refractivity contribution in [2.75, 3.05) is 5.32 Å². The van der Waals surface area contributed by atoms with Crippen molar-refractivity contribution in [2.45, 2.75) is 23.9 Å². The molecule has 0 fully saturated rings. The van der Waals surface area contributed by atoms with Crippen LogP contribution in [0.5, 0.6) is 0 Å². The maximum absolute atomic E-state index is 13.0. The summed E-state index contributed by atoms with van der Waals surface area (Å²) in [7, 11) is 0. The minimum Gasteiger partial charge on any atom is -0.325 e. The number of carbonyl (C=O) groups excluding carboxylic acids is 1. The molecule has 0 spiro atoms. The average Bonchev–Trinajstić information content (AvgIpc) is 3.10. The summed E-state index contributed by atoms with van der Waals surface area (Å²) in [5, 5.41) is 15.2. The number of benzene rings is 2. The molecule has 8 heteroatoms. The van der Waals surface area contributed by atoms with Crippen molar-refractivity contribution in [3.63, 3.8) is 0 Å². The highest BCUT2D eigenvalue weighted by Crippen LogP contribution is 2.35. The average molecular weight is 400 g/mol. The molecule has 3 aromatic rings. The molecule has 0 aliphatic carbocycles. The molecule has 1 aromatic heterocycles. The van der Waals surface area contributed by atoms with Crippen molar-refractivity contribution in [3.8, 4) is 0 Å². The van der Waals surface area contributed by atoms with Gasteiger partial charge in [0.25, 0.3) is 0 Å². The number of rotatable bonds is 7. The second-order valence-corrected chi connectivity index (χ2v) is 7.27. The molecule has 27 heavy (non-hydrogen) atoms. The van der Waals surface area contributed by atoms with Gasteiger partial charge in [-0.15, -0.1) is 11.7 Å². The van der Waals surface area contributed by atoms with Crippen LogP contribution in [0.1, 0.15) is 16.4 Å². The number of anilines is 1. The summed E-state index contributed by atoms with van der Waals surface area (Å²) in [5.74, 6) is -0.181. The van der Waals surface area contributed by atoms with Gasteiger partial charge in [0.05, 0.1) is 6.54 Å². The van der Waals surface area contributed by atoms with Crippen LogP contribution in [0, 0.1) is 6.92 Å². The number of tetrazole rings is 1. The van der Waals surface area contributed by atoms with Gasteiger partial charge in [0.2, 0.25) is 11.1 Å². The number of thioether (sulfide) groups is 1. The Morgan fingerprint density at radius 1 is 1.33 bits per heavy atom. The number of amides is 1. The monoisotopic (exact) mass is 399 g/mol. The molecule has 1 atom stereocenters. The van der Waals surface area contributed by atoms with Gasteiger partial charge in [-0.25, -0.2) is 4.68 Å². The molecule has 0 bridgehead atoms. The van der Waals surface area contributed by atoms with Crippen molar-refractivity contribution < 1.29 is 4.79 Å². The van der Waals surface area contributed by atoms with Gasteiger partial charge < -0.3 is 5.32 Å². The maximum Gasteiger partial charge on any atom is 0.242 e. The summed E-state index contributed by atoms with van der Waals surface area (Å²) in [6.45, 7) is 6.08. The quantitative estimate of drug-likeness (QED) is 0.474. The van der Waals surface area contributed by atoms with Crippen molar-refractivity contribution in [1.29, 1.82) is 0 Å². The van der Waals surface area contributed by atoms with Crippen molar-refractivity contribution >= 4 is 35.0 Å². The molecule has 0 saturated carbocycles. The molecule has 1 unspecified atom stereocenters. The number of carbonyl (C=O) groups is 1. The van der Waals surface area contributed by atoms with Gasteiger partial charge in [-0.3, -0.25) is 4.79 Å². The molecule has 1 amide bonds. The number of hydrogen-bond donors (Lipinski definition) is 1. The van der Waals surface area contributed by atoms with Crippen LogP contribution in [0.25, 0.3) is 0 Å². The summed E-state index contributed by atoms with van der Waals surface area (Å²) >= 11 is 7.45. The second kappa shape index (κ2) is 8.83. The Morgan fingerprint density at radius 2 is 2.11 bits per heavy atom. The van der Waals surface area contributed by atoms with E-state index in [0.717, 1.165) is 11.1 Å². The predicted molar refractivity (Wildman–Crippen MR) is 108 cm³/mol. The summed E-state index contributed by atoms with van der Waals surface area (Å²) < 4.78 is 1.60. The van der Waals surface area contributed by atoms with Crippen LogP contribution in [0.4, 0.5) is 5.69 Å². The van der Waals surface area contributed by atoms with E-state index < -0.39 is 5.25 Å². The molecule has 0 aliphatic heterocycles. The molecule has 0 aliphatic rings. The van der Waals surface area contributed by atoms with Crippen LogP contribution in [0.3, 0.4) is 0 Å². The van der Waals surface area contributed by atoms with Crippen LogP contribution in [0.15, 0.2) is 66.3 Å². The van der Waals surface area contributed by atoms with Crippen LogP contribution in [-0.2, 0) is 11.3 Å². The highest BCUT2D eigenvalue weighted by molar-refractivity contribution is 8.00. The van der Waals surface area contributed by atoms with Crippen LogP contribution >= 0.6 is 23.4 Å². The summed E-state index contributed by atoms with van der Waals surface area (Å²) in [6, 6.07) is 14.9. The standard InChI is InChI=1S/C19H18ClN5OS/c1-3-11-25-19(22-23-24-25)27-17(14-7-5-4-6-8-14)18(26)21-15-10-9-13(2)16(20)12-15/h3-10,12,17H,1,11H2,2H3,(H,21,26). The Hall–Kier alpha value is -2.64. The predicted octanol–water partition coefficient (Wildman–Crippen LogP) is 4.29. The molecular weight excluding hydrogens is 382 g/mol. The minimum atomic E-state index is -0.527. The number of allylic oxidation sites excluding steroid dienone is 1. The highest BCUT2D eigenvalue weighted by Gasteiger charge is 2.25. The largest absolute Gasteiger partial charge is 0.325 e. The lowest BCUT2D eigenvalue weighted by atomic mass is 10.1. The maximum atomic E-state index is 13.0. The summed E-state index contributed by atoms with van der Waals surface area (Å²) in [4.78, 5) is 13.0. The second-order valence-electron chi connectivity index (χ2n) is 5.79. The zero-order valence-corrected chi connectivity index (χ0v) is 16.2. The smallest absolute Gasteiger partial charge is 0.242 e. The lowest BCUT2D eigenvalue weighted by Crippen LogP contribution is -2.19. The van der Waals surface area contributed by atoms with E-state index in [0.29, 0.717) is 22.4 Å². The van der Waals surface area contributed by atoms with Crippen molar-refractivity contribution in [2.24, 2.45) is 0 Å². The van der Waals surface area contributed by atoms with Crippen molar-refractivity contribution in [1.82, 2.24) is 20.2 Å². The van der Waals surface area contributed by atoms with Gasteiger partial charge >= 0.3 is 0 Å². The molecule has 0 saturated heterocycles. The van der Waals surface area contributed by atoms with E-state index in [9.17, 15) is 4.79 Å². The Balaban J connectivity index is 1.87.